The van der Waals surface area contributed by atoms with Gasteiger partial charge >= 0.3 is 0 Å². The van der Waals surface area contributed by atoms with Gasteiger partial charge in [-0.3, -0.25) is 4.79 Å². The summed E-state index contributed by atoms with van der Waals surface area (Å²) in [6.45, 7) is 2.05. The summed E-state index contributed by atoms with van der Waals surface area (Å²) in [6.07, 6.45) is 0.308. The van der Waals surface area contributed by atoms with E-state index in [1.807, 2.05) is 43.3 Å². The van der Waals surface area contributed by atoms with E-state index in [0.717, 1.165) is 16.3 Å². The minimum absolute atomic E-state index is 0.286. The Kier molecular flexibility index (Phi) is 2.42. The summed E-state index contributed by atoms with van der Waals surface area (Å²) in [5, 5.41) is 2.31. The summed E-state index contributed by atoms with van der Waals surface area (Å²) in [7, 11) is 0. The highest BCUT2D eigenvalue weighted by molar-refractivity contribution is 5.92. The van der Waals surface area contributed by atoms with Crippen molar-refractivity contribution in [3.05, 3.63) is 47.5 Å². The van der Waals surface area contributed by atoms with Crippen LogP contribution in [0.25, 0.3) is 10.8 Å². The first-order chi connectivity index (χ1) is 7.18. The molecule has 0 aromatic heterocycles. The van der Waals surface area contributed by atoms with E-state index in [-0.39, 0.29) is 5.91 Å². The molecule has 2 N–H and O–H groups in total. The maximum atomic E-state index is 10.9. The zero-order valence-corrected chi connectivity index (χ0v) is 8.66. The van der Waals surface area contributed by atoms with Crippen molar-refractivity contribution in [2.45, 2.75) is 13.3 Å². The summed E-state index contributed by atoms with van der Waals surface area (Å²) in [6, 6.07) is 12.1. The molecule has 2 heteroatoms. The van der Waals surface area contributed by atoms with Gasteiger partial charge < -0.3 is 5.73 Å². The van der Waals surface area contributed by atoms with Gasteiger partial charge in [-0.1, -0.05) is 36.4 Å². The molecule has 0 aliphatic heterocycles. The van der Waals surface area contributed by atoms with Crippen LogP contribution < -0.4 is 5.73 Å². The average molecular weight is 199 g/mol. The van der Waals surface area contributed by atoms with Gasteiger partial charge in [-0.25, -0.2) is 0 Å². The van der Waals surface area contributed by atoms with Crippen LogP contribution in [-0.4, -0.2) is 5.91 Å². The molecular formula is C13H13NO. The molecule has 0 bridgehead atoms. The molecule has 0 aliphatic carbocycles. The molecule has 76 valence electrons. The maximum absolute atomic E-state index is 10.9. The number of nitrogens with two attached hydrogens (primary N) is 1. The maximum Gasteiger partial charge on any atom is 0.221 e. The third-order valence-corrected chi connectivity index (χ3v) is 2.56. The van der Waals surface area contributed by atoms with Gasteiger partial charge in [0.25, 0.3) is 0 Å². The van der Waals surface area contributed by atoms with Crippen molar-refractivity contribution in [2.24, 2.45) is 5.73 Å². The Balaban J connectivity index is 2.68. The highest BCUT2D eigenvalue weighted by Gasteiger charge is 2.05. The number of hydrogen-bond donors (Lipinski definition) is 1. The first kappa shape index (κ1) is 9.71. The van der Waals surface area contributed by atoms with Crippen LogP contribution in [0.5, 0.6) is 0 Å². The van der Waals surface area contributed by atoms with Crippen LogP contribution in [0.2, 0.25) is 0 Å². The lowest BCUT2D eigenvalue weighted by atomic mass is 9.98. The summed E-state index contributed by atoms with van der Waals surface area (Å²) < 4.78 is 0. The zero-order valence-electron chi connectivity index (χ0n) is 8.66. The highest BCUT2D eigenvalue weighted by atomic mass is 16.1. The van der Waals surface area contributed by atoms with Crippen LogP contribution in [0, 0.1) is 6.92 Å². The number of amides is 1. The third kappa shape index (κ3) is 1.84. The van der Waals surface area contributed by atoms with Crippen molar-refractivity contribution in [3.8, 4) is 0 Å². The predicted molar refractivity (Wildman–Crippen MR) is 61.6 cm³/mol. The molecule has 2 rings (SSSR count). The molecule has 0 saturated heterocycles. The van der Waals surface area contributed by atoms with E-state index in [2.05, 4.69) is 0 Å². The number of rotatable bonds is 2. The van der Waals surface area contributed by atoms with Gasteiger partial charge in [0.05, 0.1) is 6.42 Å². The fraction of sp³-hybridized carbons (Fsp3) is 0.154. The second kappa shape index (κ2) is 3.73. The molecule has 15 heavy (non-hydrogen) atoms. The first-order valence-electron chi connectivity index (χ1n) is 4.94. The van der Waals surface area contributed by atoms with Crippen molar-refractivity contribution in [3.63, 3.8) is 0 Å². The van der Waals surface area contributed by atoms with Crippen molar-refractivity contribution in [1.82, 2.24) is 0 Å². The Morgan fingerprint density at radius 2 is 1.87 bits per heavy atom. The predicted octanol–water partition coefficient (Wildman–Crippen LogP) is 2.18. The van der Waals surface area contributed by atoms with E-state index < -0.39 is 0 Å². The second-order valence-corrected chi connectivity index (χ2v) is 3.73. The number of hydrogen-bond acceptors (Lipinski definition) is 1. The van der Waals surface area contributed by atoms with Gasteiger partial charge in [0.2, 0.25) is 5.91 Å². The van der Waals surface area contributed by atoms with Crippen LogP contribution in [0.4, 0.5) is 0 Å². The Bertz CT molecular complexity index is 512. The van der Waals surface area contributed by atoms with E-state index in [1.54, 1.807) is 0 Å². The molecule has 0 atom stereocenters. The van der Waals surface area contributed by atoms with Crippen molar-refractivity contribution in [2.75, 3.05) is 0 Å². The first-order valence-corrected chi connectivity index (χ1v) is 4.94. The molecule has 0 unspecified atom stereocenters. The van der Waals surface area contributed by atoms with E-state index in [1.165, 1.54) is 5.56 Å². The van der Waals surface area contributed by atoms with Crippen molar-refractivity contribution < 1.29 is 4.79 Å². The quantitative estimate of drug-likeness (QED) is 0.791. The van der Waals surface area contributed by atoms with E-state index >= 15 is 0 Å². The van der Waals surface area contributed by atoms with Gasteiger partial charge in [-0.15, -0.1) is 0 Å². The Morgan fingerprint density at radius 1 is 1.20 bits per heavy atom. The number of carbonyl (C=O) groups is 1. The lowest BCUT2D eigenvalue weighted by Gasteiger charge is -2.07. The van der Waals surface area contributed by atoms with Gasteiger partial charge in [-0.05, 0) is 28.8 Å². The fourth-order valence-electron chi connectivity index (χ4n) is 1.95. The summed E-state index contributed by atoms with van der Waals surface area (Å²) in [4.78, 5) is 10.9. The SMILES string of the molecule is Cc1cccc2cccc(CC(N)=O)c12. The lowest BCUT2D eigenvalue weighted by Crippen LogP contribution is -2.13. The monoisotopic (exact) mass is 199 g/mol. The lowest BCUT2D eigenvalue weighted by molar-refractivity contribution is -0.117. The number of primary amides is 1. The molecule has 0 heterocycles. The second-order valence-electron chi connectivity index (χ2n) is 3.73. The van der Waals surface area contributed by atoms with Crippen LogP contribution in [0.3, 0.4) is 0 Å². The Hall–Kier alpha value is -1.83. The minimum atomic E-state index is -0.286. The Labute approximate surface area is 88.7 Å². The summed E-state index contributed by atoms with van der Waals surface area (Å²) in [5.41, 5.74) is 7.42. The van der Waals surface area contributed by atoms with Gasteiger partial charge in [0, 0.05) is 0 Å². The van der Waals surface area contributed by atoms with Crippen LogP contribution in [0.1, 0.15) is 11.1 Å². The summed E-state index contributed by atoms with van der Waals surface area (Å²) >= 11 is 0. The number of carbonyl (C=O) groups excluding carboxylic acids is 1. The fourth-order valence-corrected chi connectivity index (χ4v) is 1.95. The van der Waals surface area contributed by atoms with Gasteiger partial charge in [0.15, 0.2) is 0 Å². The normalized spacial score (nSPS) is 10.5. The van der Waals surface area contributed by atoms with Gasteiger partial charge in [0.1, 0.15) is 0 Å². The van der Waals surface area contributed by atoms with Crippen LogP contribution >= 0.6 is 0 Å². The van der Waals surface area contributed by atoms with E-state index in [0.29, 0.717) is 6.42 Å². The van der Waals surface area contributed by atoms with E-state index in [4.69, 9.17) is 5.73 Å². The van der Waals surface area contributed by atoms with Crippen LogP contribution in [0.15, 0.2) is 36.4 Å². The van der Waals surface area contributed by atoms with E-state index in [9.17, 15) is 4.79 Å². The molecular weight excluding hydrogens is 186 g/mol. The molecule has 2 nitrogen and oxygen atoms in total. The number of fused-ring (bicyclic) bond motifs is 1. The standard InChI is InChI=1S/C13H13NO/c1-9-4-2-5-10-6-3-7-11(13(9)10)8-12(14)15/h2-7H,8H2,1H3,(H2,14,15). The summed E-state index contributed by atoms with van der Waals surface area (Å²) in [5.74, 6) is -0.286. The van der Waals surface area contributed by atoms with Gasteiger partial charge in [-0.2, -0.15) is 0 Å². The molecule has 0 saturated carbocycles. The number of benzene rings is 2. The van der Waals surface area contributed by atoms with Crippen molar-refractivity contribution >= 4 is 16.7 Å². The van der Waals surface area contributed by atoms with Crippen molar-refractivity contribution in [1.29, 1.82) is 0 Å². The minimum Gasteiger partial charge on any atom is -0.369 e. The molecule has 2 aromatic carbocycles. The molecule has 0 radical (unpaired) electrons. The van der Waals surface area contributed by atoms with Crippen LogP contribution in [-0.2, 0) is 11.2 Å². The molecule has 0 fully saturated rings. The third-order valence-electron chi connectivity index (χ3n) is 2.56. The topological polar surface area (TPSA) is 43.1 Å². The Morgan fingerprint density at radius 3 is 2.53 bits per heavy atom. The average Bonchev–Trinajstić information content (AvgIpc) is 2.17. The molecule has 2 aromatic rings. The molecule has 0 aliphatic rings. The molecule has 0 spiro atoms. The largest absolute Gasteiger partial charge is 0.369 e. The smallest absolute Gasteiger partial charge is 0.221 e. The zero-order chi connectivity index (χ0) is 10.8. The highest BCUT2D eigenvalue weighted by Crippen LogP contribution is 2.22. The molecule has 1 amide bonds. The number of aryl methyl sites for hydroxylation is 1.